The quantitative estimate of drug-likeness (QED) is 0.890. The van der Waals surface area contributed by atoms with Crippen molar-refractivity contribution >= 4 is 11.3 Å². The first-order valence-corrected chi connectivity index (χ1v) is 6.91. The van der Waals surface area contributed by atoms with Gasteiger partial charge in [-0.25, -0.2) is 0 Å². The van der Waals surface area contributed by atoms with Crippen LogP contribution in [0.4, 0.5) is 0 Å². The molecule has 0 aliphatic heterocycles. The molecular weight excluding hydrogens is 244 g/mol. The van der Waals surface area contributed by atoms with Crippen LogP contribution in [0.15, 0.2) is 28.4 Å². The van der Waals surface area contributed by atoms with Gasteiger partial charge in [-0.3, -0.25) is 4.79 Å². The summed E-state index contributed by atoms with van der Waals surface area (Å²) in [6.45, 7) is 7.06. The molecule has 0 bridgehead atoms. The average molecular weight is 262 g/mol. The zero-order valence-corrected chi connectivity index (χ0v) is 11.7. The van der Waals surface area contributed by atoms with Gasteiger partial charge in [0, 0.05) is 23.7 Å². The van der Waals surface area contributed by atoms with Gasteiger partial charge in [0.25, 0.3) is 0 Å². The van der Waals surface area contributed by atoms with Crippen LogP contribution in [0.3, 0.4) is 0 Å². The van der Waals surface area contributed by atoms with Crippen molar-refractivity contribution in [1.29, 1.82) is 0 Å². The van der Waals surface area contributed by atoms with Crippen LogP contribution in [0.2, 0.25) is 0 Å². The lowest BCUT2D eigenvalue weighted by molar-refractivity contribution is 0.566. The molecule has 0 fully saturated rings. The minimum absolute atomic E-state index is 0.00573. The number of rotatable bonds is 4. The number of nitrogens with one attached hydrogen (secondary N) is 2. The number of thiazole rings is 1. The van der Waals surface area contributed by atoms with Crippen molar-refractivity contribution in [2.45, 2.75) is 33.4 Å². The standard InChI is InChI=1S/C14H18N2OS/c1-9-4-5-10(2)13(6-9)11(3)15-7-12-8-18-14(17)16-12/h4-6,8,11,15H,7H2,1-3H3,(H,16,17). The van der Waals surface area contributed by atoms with E-state index in [2.05, 4.69) is 49.3 Å². The highest BCUT2D eigenvalue weighted by Crippen LogP contribution is 2.19. The average Bonchev–Trinajstić information content (AvgIpc) is 2.75. The highest BCUT2D eigenvalue weighted by Gasteiger charge is 2.08. The molecule has 0 amide bonds. The fourth-order valence-electron chi connectivity index (χ4n) is 2.00. The monoisotopic (exact) mass is 262 g/mol. The molecule has 0 spiro atoms. The van der Waals surface area contributed by atoms with Gasteiger partial charge >= 0.3 is 4.87 Å². The van der Waals surface area contributed by atoms with Crippen LogP contribution in [0.1, 0.15) is 35.3 Å². The van der Waals surface area contributed by atoms with Crippen molar-refractivity contribution in [3.05, 3.63) is 55.6 Å². The molecule has 18 heavy (non-hydrogen) atoms. The first kappa shape index (κ1) is 13.1. The number of aromatic amines is 1. The van der Waals surface area contributed by atoms with Crippen molar-refractivity contribution < 1.29 is 0 Å². The number of aromatic nitrogens is 1. The van der Waals surface area contributed by atoms with Gasteiger partial charge in [0.05, 0.1) is 0 Å². The molecule has 1 aromatic heterocycles. The molecule has 1 unspecified atom stereocenters. The second-order valence-electron chi connectivity index (χ2n) is 4.64. The molecule has 2 aromatic rings. The Balaban J connectivity index is 2.05. The van der Waals surface area contributed by atoms with E-state index in [0.717, 1.165) is 5.69 Å². The summed E-state index contributed by atoms with van der Waals surface area (Å²) in [4.78, 5) is 13.9. The maximum Gasteiger partial charge on any atom is 0.304 e. The summed E-state index contributed by atoms with van der Waals surface area (Å²) in [7, 11) is 0. The van der Waals surface area contributed by atoms with Crippen molar-refractivity contribution in [2.75, 3.05) is 0 Å². The Morgan fingerprint density at radius 3 is 2.83 bits per heavy atom. The predicted molar refractivity (Wildman–Crippen MR) is 76.1 cm³/mol. The molecule has 0 aliphatic rings. The molecule has 4 heteroatoms. The first-order chi connectivity index (χ1) is 8.56. The molecule has 1 atom stereocenters. The van der Waals surface area contributed by atoms with E-state index in [4.69, 9.17) is 0 Å². The van der Waals surface area contributed by atoms with Crippen LogP contribution in [-0.2, 0) is 6.54 Å². The summed E-state index contributed by atoms with van der Waals surface area (Å²) >= 11 is 1.21. The second-order valence-corrected chi connectivity index (χ2v) is 5.48. The molecule has 0 radical (unpaired) electrons. The Morgan fingerprint density at radius 2 is 2.17 bits per heavy atom. The van der Waals surface area contributed by atoms with Crippen LogP contribution in [-0.4, -0.2) is 4.98 Å². The van der Waals surface area contributed by atoms with Crippen LogP contribution < -0.4 is 10.2 Å². The Morgan fingerprint density at radius 1 is 1.39 bits per heavy atom. The normalized spacial score (nSPS) is 12.6. The minimum atomic E-state index is 0.00573. The lowest BCUT2D eigenvalue weighted by atomic mass is 10.00. The summed E-state index contributed by atoms with van der Waals surface area (Å²) < 4.78 is 0. The van der Waals surface area contributed by atoms with Crippen LogP contribution in [0.5, 0.6) is 0 Å². The summed E-state index contributed by atoms with van der Waals surface area (Å²) in [5.41, 5.74) is 4.82. The summed E-state index contributed by atoms with van der Waals surface area (Å²) in [5, 5.41) is 5.30. The highest BCUT2D eigenvalue weighted by molar-refractivity contribution is 7.07. The van der Waals surface area contributed by atoms with Gasteiger partial charge in [-0.2, -0.15) is 0 Å². The van der Waals surface area contributed by atoms with E-state index in [1.807, 2.05) is 5.38 Å². The van der Waals surface area contributed by atoms with Crippen LogP contribution in [0.25, 0.3) is 0 Å². The molecule has 0 aliphatic carbocycles. The third kappa shape index (κ3) is 3.09. The van der Waals surface area contributed by atoms with E-state index < -0.39 is 0 Å². The molecule has 96 valence electrons. The molecule has 1 heterocycles. The SMILES string of the molecule is Cc1ccc(C)c(C(C)NCc2csc(=O)[nH]2)c1. The number of hydrogen-bond donors (Lipinski definition) is 2. The van der Waals surface area contributed by atoms with Crippen molar-refractivity contribution in [2.24, 2.45) is 0 Å². The summed E-state index contributed by atoms with van der Waals surface area (Å²) in [6, 6.07) is 6.76. The van der Waals surface area contributed by atoms with Gasteiger partial charge in [0.15, 0.2) is 0 Å². The van der Waals surface area contributed by atoms with E-state index in [1.54, 1.807) is 0 Å². The third-order valence-electron chi connectivity index (χ3n) is 3.07. The van der Waals surface area contributed by atoms with Crippen molar-refractivity contribution in [3.63, 3.8) is 0 Å². The second kappa shape index (κ2) is 5.50. The van der Waals surface area contributed by atoms with E-state index >= 15 is 0 Å². The lowest BCUT2D eigenvalue weighted by Gasteiger charge is -2.16. The topological polar surface area (TPSA) is 44.9 Å². The van der Waals surface area contributed by atoms with Gasteiger partial charge in [-0.15, -0.1) is 0 Å². The first-order valence-electron chi connectivity index (χ1n) is 6.03. The van der Waals surface area contributed by atoms with Crippen LogP contribution >= 0.6 is 11.3 Å². The lowest BCUT2D eigenvalue weighted by Crippen LogP contribution is -2.19. The molecule has 2 rings (SSSR count). The molecule has 0 saturated heterocycles. The maximum absolute atomic E-state index is 11.0. The van der Waals surface area contributed by atoms with Crippen molar-refractivity contribution in [1.82, 2.24) is 10.3 Å². The molecule has 3 nitrogen and oxygen atoms in total. The van der Waals surface area contributed by atoms with Crippen LogP contribution in [0, 0.1) is 13.8 Å². The van der Waals surface area contributed by atoms with E-state index in [9.17, 15) is 4.79 Å². The maximum atomic E-state index is 11.0. The molecule has 0 saturated carbocycles. The Labute approximate surface area is 111 Å². The summed E-state index contributed by atoms with van der Waals surface area (Å²) in [6.07, 6.45) is 0. The van der Waals surface area contributed by atoms with Gasteiger partial charge in [-0.1, -0.05) is 35.1 Å². The van der Waals surface area contributed by atoms with E-state index in [1.165, 1.54) is 28.0 Å². The van der Waals surface area contributed by atoms with E-state index in [-0.39, 0.29) is 10.9 Å². The largest absolute Gasteiger partial charge is 0.315 e. The van der Waals surface area contributed by atoms with Gasteiger partial charge in [0.2, 0.25) is 0 Å². The Kier molecular flexibility index (Phi) is 3.99. The van der Waals surface area contributed by atoms with Crippen molar-refractivity contribution in [3.8, 4) is 0 Å². The van der Waals surface area contributed by atoms with Gasteiger partial charge in [0.1, 0.15) is 0 Å². The molecule has 2 N–H and O–H groups in total. The molecular formula is C14H18N2OS. The number of H-pyrrole nitrogens is 1. The third-order valence-corrected chi connectivity index (χ3v) is 3.79. The fourth-order valence-corrected chi connectivity index (χ4v) is 2.58. The minimum Gasteiger partial charge on any atom is -0.315 e. The van der Waals surface area contributed by atoms with Gasteiger partial charge < -0.3 is 10.3 Å². The number of benzene rings is 1. The molecule has 1 aromatic carbocycles. The van der Waals surface area contributed by atoms with E-state index in [0.29, 0.717) is 6.54 Å². The summed E-state index contributed by atoms with van der Waals surface area (Å²) in [5.74, 6) is 0. The predicted octanol–water partition coefficient (Wildman–Crippen LogP) is 2.90. The smallest absolute Gasteiger partial charge is 0.304 e. The Bertz CT molecular complexity index is 585. The number of aryl methyl sites for hydroxylation is 2. The zero-order chi connectivity index (χ0) is 13.1. The zero-order valence-electron chi connectivity index (χ0n) is 10.9. The fraction of sp³-hybridized carbons (Fsp3) is 0.357. The Hall–Kier alpha value is -1.39. The highest BCUT2D eigenvalue weighted by atomic mass is 32.1. The number of hydrogen-bond acceptors (Lipinski definition) is 3. The van der Waals surface area contributed by atoms with Gasteiger partial charge in [-0.05, 0) is 31.9 Å².